The molecule has 6 nitrogen and oxygen atoms in total. The molecule has 2 heterocycles. The minimum absolute atomic E-state index is 0.109. The number of benzene rings is 2. The molecule has 0 unspecified atom stereocenters. The molecule has 0 spiro atoms. The minimum Gasteiger partial charge on any atom is -0.487 e. The van der Waals surface area contributed by atoms with Crippen LogP contribution in [0.2, 0.25) is 0 Å². The van der Waals surface area contributed by atoms with Crippen LogP contribution in [0.4, 0.5) is 4.79 Å². The largest absolute Gasteiger partial charge is 0.487 e. The van der Waals surface area contributed by atoms with E-state index in [-0.39, 0.29) is 16.9 Å². The Morgan fingerprint density at radius 3 is 2.54 bits per heavy atom. The van der Waals surface area contributed by atoms with E-state index in [1.165, 1.54) is 4.90 Å². The lowest BCUT2D eigenvalue weighted by Crippen LogP contribution is -2.23. The molecule has 0 bridgehead atoms. The van der Waals surface area contributed by atoms with Crippen molar-refractivity contribution in [2.75, 3.05) is 6.54 Å². The van der Waals surface area contributed by atoms with E-state index in [0.29, 0.717) is 24.8 Å². The lowest BCUT2D eigenvalue weighted by atomic mass is 10.2. The first-order valence-electron chi connectivity index (χ1n) is 8.81. The summed E-state index contributed by atoms with van der Waals surface area (Å²) < 4.78 is 11.6. The number of aromatic nitrogens is 1. The number of thioether (sulfide) groups is 1. The fraction of sp³-hybridized carbons (Fsp3) is 0.190. The number of hydrogen-bond acceptors (Lipinski definition) is 6. The van der Waals surface area contributed by atoms with Gasteiger partial charge in [0.05, 0.1) is 6.54 Å². The second kappa shape index (κ2) is 7.90. The van der Waals surface area contributed by atoms with Crippen molar-refractivity contribution in [2.45, 2.75) is 20.1 Å². The van der Waals surface area contributed by atoms with Crippen molar-refractivity contribution in [3.8, 4) is 17.2 Å². The number of ether oxygens (including phenoxy) is 1. The predicted octanol–water partition coefficient (Wildman–Crippen LogP) is 4.42. The van der Waals surface area contributed by atoms with E-state index in [1.807, 2.05) is 61.5 Å². The zero-order valence-corrected chi connectivity index (χ0v) is 16.1. The number of hydrogen-bond donors (Lipinski definition) is 0. The SMILES string of the molecule is Cc1oc(-c2ccccc2)nc1COc1ccc(CN2CC(=O)SC2=O)cc1. The van der Waals surface area contributed by atoms with Crippen LogP contribution >= 0.6 is 11.8 Å². The molecule has 28 heavy (non-hydrogen) atoms. The Morgan fingerprint density at radius 1 is 1.11 bits per heavy atom. The van der Waals surface area contributed by atoms with Gasteiger partial charge in [0.15, 0.2) is 0 Å². The molecule has 1 fully saturated rings. The molecule has 0 atom stereocenters. The van der Waals surface area contributed by atoms with Crippen LogP contribution in [0, 0.1) is 6.92 Å². The molecule has 0 saturated carbocycles. The van der Waals surface area contributed by atoms with Crippen molar-refractivity contribution >= 4 is 22.1 Å². The summed E-state index contributed by atoms with van der Waals surface area (Å²) in [6, 6.07) is 17.2. The molecule has 1 amide bonds. The van der Waals surface area contributed by atoms with Crippen LogP contribution in [0.3, 0.4) is 0 Å². The van der Waals surface area contributed by atoms with Gasteiger partial charge in [-0.1, -0.05) is 30.3 Å². The summed E-state index contributed by atoms with van der Waals surface area (Å²) in [6.45, 7) is 2.75. The zero-order valence-electron chi connectivity index (χ0n) is 15.3. The third kappa shape index (κ3) is 4.09. The molecule has 3 aromatic rings. The molecule has 1 aliphatic heterocycles. The number of carbonyl (C=O) groups excluding carboxylic acids is 2. The van der Waals surface area contributed by atoms with Gasteiger partial charge in [-0.25, -0.2) is 4.98 Å². The fourth-order valence-corrected chi connectivity index (χ4v) is 3.54. The summed E-state index contributed by atoms with van der Waals surface area (Å²) in [4.78, 5) is 29.1. The van der Waals surface area contributed by atoms with Gasteiger partial charge in [-0.05, 0) is 36.8 Å². The standard InChI is InChI=1S/C21H18N2O4S/c1-14-18(22-20(27-14)16-5-3-2-4-6-16)13-26-17-9-7-15(8-10-17)11-23-12-19(24)28-21(23)25/h2-10H,11-13H2,1H3. The monoisotopic (exact) mass is 394 g/mol. The number of aryl methyl sites for hydroxylation is 1. The molecular formula is C21H18N2O4S. The lowest BCUT2D eigenvalue weighted by Gasteiger charge is -2.13. The average molecular weight is 394 g/mol. The summed E-state index contributed by atoms with van der Waals surface area (Å²) in [5, 5.41) is -0.302. The van der Waals surface area contributed by atoms with Crippen LogP contribution in [0.25, 0.3) is 11.5 Å². The Bertz CT molecular complexity index is 999. The first-order chi connectivity index (χ1) is 13.6. The topological polar surface area (TPSA) is 72.6 Å². The van der Waals surface area contributed by atoms with Gasteiger partial charge in [0.2, 0.25) is 11.0 Å². The Balaban J connectivity index is 1.37. The van der Waals surface area contributed by atoms with Gasteiger partial charge in [-0.3, -0.25) is 9.59 Å². The van der Waals surface area contributed by atoms with E-state index < -0.39 is 0 Å². The minimum atomic E-state index is -0.193. The smallest absolute Gasteiger partial charge is 0.290 e. The van der Waals surface area contributed by atoms with Crippen molar-refractivity contribution in [1.82, 2.24) is 9.88 Å². The van der Waals surface area contributed by atoms with Crippen LogP contribution in [-0.4, -0.2) is 26.8 Å². The molecule has 1 aromatic heterocycles. The molecule has 0 radical (unpaired) electrons. The van der Waals surface area contributed by atoms with E-state index in [9.17, 15) is 9.59 Å². The zero-order chi connectivity index (χ0) is 19.5. The Morgan fingerprint density at radius 2 is 1.86 bits per heavy atom. The van der Waals surface area contributed by atoms with Gasteiger partial charge in [0, 0.05) is 23.9 Å². The third-order valence-corrected chi connectivity index (χ3v) is 5.15. The number of rotatable bonds is 6. The summed E-state index contributed by atoms with van der Waals surface area (Å²) in [6.07, 6.45) is 0. The van der Waals surface area contributed by atoms with Gasteiger partial charge in [-0.15, -0.1) is 0 Å². The van der Waals surface area contributed by atoms with Crippen molar-refractivity contribution < 1.29 is 18.7 Å². The van der Waals surface area contributed by atoms with Crippen molar-refractivity contribution in [3.05, 3.63) is 71.6 Å². The van der Waals surface area contributed by atoms with Gasteiger partial charge < -0.3 is 14.1 Å². The number of carbonyl (C=O) groups is 2. The number of nitrogens with zero attached hydrogens (tertiary/aromatic N) is 2. The normalized spacial score (nSPS) is 14.0. The van der Waals surface area contributed by atoms with E-state index >= 15 is 0 Å². The molecule has 7 heteroatoms. The van der Waals surface area contributed by atoms with Crippen LogP contribution < -0.4 is 4.74 Å². The fourth-order valence-electron chi connectivity index (χ4n) is 2.86. The highest BCUT2D eigenvalue weighted by Gasteiger charge is 2.28. The predicted molar refractivity (Wildman–Crippen MR) is 106 cm³/mol. The van der Waals surface area contributed by atoms with Crippen molar-refractivity contribution in [3.63, 3.8) is 0 Å². The summed E-state index contributed by atoms with van der Waals surface area (Å²) in [5.41, 5.74) is 2.62. The molecule has 0 aliphatic carbocycles. The molecule has 1 aliphatic rings. The van der Waals surface area contributed by atoms with Crippen LogP contribution in [0.5, 0.6) is 5.75 Å². The van der Waals surface area contributed by atoms with E-state index in [0.717, 1.165) is 34.3 Å². The molecule has 0 N–H and O–H groups in total. The van der Waals surface area contributed by atoms with Gasteiger partial charge >= 0.3 is 0 Å². The number of oxazole rings is 1. The molecule has 142 valence electrons. The second-order valence-electron chi connectivity index (χ2n) is 6.42. The van der Waals surface area contributed by atoms with E-state index in [2.05, 4.69) is 4.98 Å². The van der Waals surface area contributed by atoms with E-state index in [1.54, 1.807) is 0 Å². The highest BCUT2D eigenvalue weighted by molar-refractivity contribution is 8.26. The van der Waals surface area contributed by atoms with Crippen molar-refractivity contribution in [2.24, 2.45) is 0 Å². The Labute approximate surface area is 166 Å². The van der Waals surface area contributed by atoms with Gasteiger partial charge in [-0.2, -0.15) is 0 Å². The van der Waals surface area contributed by atoms with Gasteiger partial charge in [0.1, 0.15) is 23.8 Å². The van der Waals surface area contributed by atoms with Gasteiger partial charge in [0.25, 0.3) is 5.24 Å². The maximum atomic E-state index is 11.7. The van der Waals surface area contributed by atoms with E-state index in [4.69, 9.17) is 9.15 Å². The molecule has 2 aromatic carbocycles. The summed E-state index contributed by atoms with van der Waals surface area (Å²) in [5.74, 6) is 2.01. The Hall–Kier alpha value is -3.06. The maximum Gasteiger partial charge on any atom is 0.290 e. The summed E-state index contributed by atoms with van der Waals surface area (Å²) in [7, 11) is 0. The third-order valence-electron chi connectivity index (χ3n) is 4.37. The maximum absolute atomic E-state index is 11.7. The lowest BCUT2D eigenvalue weighted by molar-refractivity contribution is -0.110. The summed E-state index contributed by atoms with van der Waals surface area (Å²) >= 11 is 0.766. The molecular weight excluding hydrogens is 376 g/mol. The quantitative estimate of drug-likeness (QED) is 0.616. The molecule has 1 saturated heterocycles. The van der Waals surface area contributed by atoms with Crippen molar-refractivity contribution in [1.29, 1.82) is 0 Å². The first-order valence-corrected chi connectivity index (χ1v) is 9.63. The van der Waals surface area contributed by atoms with Crippen LogP contribution in [-0.2, 0) is 17.9 Å². The highest BCUT2D eigenvalue weighted by Crippen LogP contribution is 2.24. The average Bonchev–Trinajstić information content (AvgIpc) is 3.23. The Kier molecular flexibility index (Phi) is 5.16. The number of amides is 1. The van der Waals surface area contributed by atoms with Crippen LogP contribution in [0.1, 0.15) is 17.0 Å². The first kappa shape index (κ1) is 18.3. The molecule has 4 rings (SSSR count). The highest BCUT2D eigenvalue weighted by atomic mass is 32.2. The van der Waals surface area contributed by atoms with Crippen LogP contribution in [0.15, 0.2) is 59.0 Å². The second-order valence-corrected chi connectivity index (χ2v) is 7.43.